The number of aryl methyl sites for hydroxylation is 4. The normalized spacial score (nSPS) is 17.3. The smallest absolute Gasteiger partial charge is 0.233 e. The molecule has 0 bridgehead atoms. The molecule has 4 aliphatic rings. The van der Waals surface area contributed by atoms with Gasteiger partial charge in [0.1, 0.15) is 64.4 Å². The lowest BCUT2D eigenvalue weighted by Crippen LogP contribution is -2.27. The minimum atomic E-state index is -1.19. The number of alkyl halides is 1. The quantitative estimate of drug-likeness (QED) is 0.0329. The van der Waals surface area contributed by atoms with E-state index in [1.807, 2.05) is 111 Å². The molecule has 28 nitrogen and oxygen atoms in total. The van der Waals surface area contributed by atoms with E-state index >= 15 is 0 Å². The average molecular weight is 1640 g/mol. The fraction of sp³-hybridized carbons (Fsp3) is 0.300. The Labute approximate surface area is 678 Å². The van der Waals surface area contributed by atoms with Crippen molar-refractivity contribution in [1.29, 1.82) is 0 Å². The van der Waals surface area contributed by atoms with Gasteiger partial charge in [-0.25, -0.2) is 30.7 Å². The number of allylic oxidation sites excluding steroid dienone is 4. The predicted molar refractivity (Wildman–Crippen MR) is 438 cm³/mol. The number of aromatic nitrogens is 20. The van der Waals surface area contributed by atoms with Crippen molar-refractivity contribution in [2.45, 2.75) is 131 Å². The minimum Gasteiger partial charge on any atom is -0.334 e. The molecular weight excluding hydrogens is 1560 g/mol. The second kappa shape index (κ2) is 37.7. The third-order valence-corrected chi connectivity index (χ3v) is 19.6. The maximum absolute atomic E-state index is 14.5. The average Bonchev–Trinajstić information content (AvgIpc) is 1.68. The summed E-state index contributed by atoms with van der Waals surface area (Å²) < 4.78 is 98.0. The summed E-state index contributed by atoms with van der Waals surface area (Å²) in [6.07, 6.45) is 19.2. The van der Waals surface area contributed by atoms with Crippen LogP contribution in [0.25, 0.3) is 24.3 Å². The van der Waals surface area contributed by atoms with Crippen LogP contribution >= 0.6 is 23.2 Å². The van der Waals surface area contributed by atoms with Gasteiger partial charge < -0.3 is 40.9 Å². The number of nitrogens with zero attached hydrogens (tertiary/aromatic N) is 20. The third kappa shape index (κ3) is 20.8. The van der Waals surface area contributed by atoms with E-state index in [2.05, 4.69) is 127 Å². The van der Waals surface area contributed by atoms with Crippen molar-refractivity contribution >= 4 is 118 Å². The van der Waals surface area contributed by atoms with Crippen molar-refractivity contribution in [3.8, 4) is 0 Å². The van der Waals surface area contributed by atoms with Crippen LogP contribution in [0.5, 0.6) is 0 Å². The molecule has 5 atom stereocenters. The molecule has 0 amide bonds. The Morgan fingerprint density at radius 1 is 0.368 bits per heavy atom. The number of benzene rings is 4. The summed E-state index contributed by atoms with van der Waals surface area (Å²) in [5.41, 5.74) is 5.40. The number of aromatic amines is 4. The van der Waals surface area contributed by atoms with Crippen molar-refractivity contribution in [2.24, 2.45) is 0 Å². The summed E-state index contributed by atoms with van der Waals surface area (Å²) in [6, 6.07) is 22.3. The van der Waals surface area contributed by atoms with Crippen LogP contribution in [0.2, 0.25) is 10.0 Å². The van der Waals surface area contributed by atoms with Gasteiger partial charge in [-0.15, -0.1) is 0 Å². The SMILES string of the molecule is C/C=C/c1cc(Nc2nc(C)nc(N3CC(F)CC3c3ccc(F)cc3F)n2)n[nH]1.C/C=C/c1cc(Nc2nc(C)nc(N3CCCC3c3cc(F)ccc3F)n2)n[nH]1.C/C=C/c1cc(Nc2nc(C)nc(N3CCCC3c3ccc(Cl)cc3F)n2)n[nH]1.C/C=C/c1cc(Nc2nc(C)nc(N3CCCC3c3ccc(F)cc3Cl)n2)n[nH]1. The molecule has 0 saturated carbocycles. The highest BCUT2D eigenvalue weighted by atomic mass is 35.5. The predicted octanol–water partition coefficient (Wildman–Crippen LogP) is 18.2. The molecule has 4 saturated heterocycles. The van der Waals surface area contributed by atoms with E-state index in [9.17, 15) is 30.7 Å². The van der Waals surface area contributed by atoms with Gasteiger partial charge >= 0.3 is 0 Å². The van der Waals surface area contributed by atoms with E-state index in [1.54, 1.807) is 49.9 Å². The minimum absolute atomic E-state index is 0.00176. The Hall–Kier alpha value is -12.8. The number of anilines is 12. The Bertz CT molecular complexity index is 5410. The summed E-state index contributed by atoms with van der Waals surface area (Å²) in [4.78, 5) is 60.7. The van der Waals surface area contributed by atoms with E-state index in [1.165, 1.54) is 30.3 Å². The number of hydrogen-bond donors (Lipinski definition) is 8. The van der Waals surface area contributed by atoms with E-state index < -0.39 is 35.5 Å². The summed E-state index contributed by atoms with van der Waals surface area (Å²) in [7, 11) is 0. The molecule has 37 heteroatoms. The first-order valence-electron chi connectivity index (χ1n) is 37.7. The Balaban J connectivity index is 0.000000135. The zero-order chi connectivity index (χ0) is 82.4. The molecule has 0 radical (unpaired) electrons. The number of rotatable bonds is 20. The van der Waals surface area contributed by atoms with Crippen LogP contribution in [0.15, 0.2) is 121 Å². The number of nitrogens with one attached hydrogen (secondary N) is 8. The van der Waals surface area contributed by atoms with E-state index in [4.69, 9.17) is 23.2 Å². The zero-order valence-electron chi connectivity index (χ0n) is 64.9. The van der Waals surface area contributed by atoms with Crippen molar-refractivity contribution in [3.63, 3.8) is 0 Å². The second-order valence-electron chi connectivity index (χ2n) is 27.6. The highest BCUT2D eigenvalue weighted by molar-refractivity contribution is 6.31. The van der Waals surface area contributed by atoms with Gasteiger partial charge in [0.15, 0.2) is 23.3 Å². The van der Waals surface area contributed by atoms with Crippen molar-refractivity contribution in [3.05, 3.63) is 235 Å². The van der Waals surface area contributed by atoms with Crippen LogP contribution in [-0.2, 0) is 0 Å². The fourth-order valence-corrected chi connectivity index (χ4v) is 14.6. The molecule has 8 aromatic heterocycles. The molecule has 12 aromatic rings. The van der Waals surface area contributed by atoms with Crippen molar-refractivity contribution in [2.75, 3.05) is 67.0 Å². The summed E-state index contributed by atoms with van der Waals surface area (Å²) in [6.45, 7) is 16.9. The van der Waals surface area contributed by atoms with Crippen LogP contribution in [-0.4, -0.2) is 133 Å². The maximum atomic E-state index is 14.5. The lowest BCUT2D eigenvalue weighted by atomic mass is 10.0. The van der Waals surface area contributed by atoms with E-state index in [0.29, 0.717) is 116 Å². The van der Waals surface area contributed by atoms with Gasteiger partial charge in [-0.05, 0) is 172 Å². The Morgan fingerprint density at radius 2 is 0.709 bits per heavy atom. The molecule has 117 heavy (non-hydrogen) atoms. The van der Waals surface area contributed by atoms with Crippen LogP contribution in [0.1, 0.15) is 165 Å². The number of halogens is 9. The molecule has 606 valence electrons. The van der Waals surface area contributed by atoms with E-state index in [0.717, 1.165) is 97.8 Å². The van der Waals surface area contributed by atoms with Gasteiger partial charge in [0.2, 0.25) is 47.6 Å². The highest BCUT2D eigenvalue weighted by Crippen LogP contribution is 2.42. The topological polar surface area (TPSA) is 330 Å². The van der Waals surface area contributed by atoms with Gasteiger partial charge in [-0.2, -0.15) is 80.2 Å². The molecule has 4 aromatic carbocycles. The third-order valence-electron chi connectivity index (χ3n) is 19.0. The van der Waals surface area contributed by atoms with Crippen molar-refractivity contribution in [1.82, 2.24) is 101 Å². The number of hydrogen-bond acceptors (Lipinski definition) is 24. The first kappa shape index (κ1) is 82.2. The van der Waals surface area contributed by atoms with Gasteiger partial charge in [-0.3, -0.25) is 20.4 Å². The maximum Gasteiger partial charge on any atom is 0.233 e. The summed E-state index contributed by atoms with van der Waals surface area (Å²) in [5, 5.41) is 41.4. The molecule has 0 aliphatic carbocycles. The van der Waals surface area contributed by atoms with Gasteiger partial charge in [-0.1, -0.05) is 65.7 Å². The molecule has 5 unspecified atom stereocenters. The molecule has 12 heterocycles. The lowest BCUT2D eigenvalue weighted by molar-refractivity contribution is 0.356. The van der Waals surface area contributed by atoms with Crippen LogP contribution in [0.3, 0.4) is 0 Å². The van der Waals surface area contributed by atoms with Crippen molar-refractivity contribution < 1.29 is 30.7 Å². The zero-order valence-corrected chi connectivity index (χ0v) is 66.4. The largest absolute Gasteiger partial charge is 0.334 e. The van der Waals surface area contributed by atoms with Crippen LogP contribution in [0, 0.1) is 62.6 Å². The van der Waals surface area contributed by atoms with Crippen LogP contribution in [0.4, 0.5) is 102 Å². The molecule has 8 N–H and O–H groups in total. The molecule has 16 rings (SSSR count). The second-order valence-corrected chi connectivity index (χ2v) is 28.4. The molecule has 4 fully saturated rings. The fourth-order valence-electron chi connectivity index (χ4n) is 14.1. The standard InChI is InChI=1S/2C20H21ClFN7.C20H20F3N7.C20H21F2N7/c1-3-5-14-11-18(28-27-14)25-19-23-12(2)24-20(26-19)29-9-4-6-17(29)15-8-7-13(22)10-16(15)21;1-3-5-14-11-18(28-27-14)25-19-23-12(2)24-20(26-19)29-9-4-6-17(29)15-8-7-13(21)10-16(15)22;1-3-4-14-9-18(29-28-14)26-19-24-11(2)25-20(27-19)30-10-13(22)8-17(30)15-6-5-12(21)7-16(15)23;1-3-5-14-11-18(28-27-14)25-19-23-12(2)24-20(26-19)29-9-4-6-17(29)15-10-13(21)7-8-16(15)22/h2*3,5,7-8,10-11,17H,4,6,9H2,1-2H3,(H2,23,24,25,26,27,28);3-7,9,13,17H,8,10H2,1-2H3,(H2,24,25,26,27,28,29);3,5,7-8,10-11,17H,4,6,9H2,1-2H3,(H2,23,24,25,26,27,28)/b2*5-3+;4-3+;5-3+. The first-order valence-corrected chi connectivity index (χ1v) is 38.5. The summed E-state index contributed by atoms with van der Waals surface area (Å²) in [5.74, 6) is 4.55. The molecular formula is C80H83Cl2F7N28. The van der Waals surface area contributed by atoms with Gasteiger partial charge in [0.05, 0.1) is 53.5 Å². The summed E-state index contributed by atoms with van der Waals surface area (Å²) >= 11 is 12.2. The van der Waals surface area contributed by atoms with Crippen LogP contribution < -0.4 is 40.9 Å². The van der Waals surface area contributed by atoms with Gasteiger partial charge in [0.25, 0.3) is 0 Å². The molecule has 4 aliphatic heterocycles. The number of H-pyrrole nitrogens is 4. The first-order chi connectivity index (χ1) is 56.5. The van der Waals surface area contributed by atoms with Gasteiger partial charge in [0, 0.05) is 83.1 Å². The monoisotopic (exact) mass is 1640 g/mol. The Kier molecular flexibility index (Phi) is 26.5. The highest BCUT2D eigenvalue weighted by Gasteiger charge is 2.38. The lowest BCUT2D eigenvalue weighted by Gasteiger charge is -2.26. The Morgan fingerprint density at radius 3 is 1.10 bits per heavy atom. The molecule has 0 spiro atoms. The van der Waals surface area contributed by atoms with E-state index in [-0.39, 0.29) is 60.2 Å².